The molecule has 0 aliphatic carbocycles. The van der Waals surface area contributed by atoms with Crippen molar-refractivity contribution in [2.75, 3.05) is 42.4 Å². The molecule has 0 saturated carbocycles. The molecule has 1 aliphatic heterocycles. The highest BCUT2D eigenvalue weighted by molar-refractivity contribution is 7.91. The van der Waals surface area contributed by atoms with E-state index in [9.17, 15) is 8.42 Å². The Balaban J connectivity index is 2.09. The summed E-state index contributed by atoms with van der Waals surface area (Å²) >= 11 is 0. The van der Waals surface area contributed by atoms with Crippen molar-refractivity contribution in [3.05, 3.63) is 11.3 Å². The number of sulfone groups is 1. The molecule has 0 unspecified atom stereocenters. The molecule has 1 aromatic heterocycles. The van der Waals surface area contributed by atoms with Crippen LogP contribution in [-0.4, -0.2) is 50.5 Å². The van der Waals surface area contributed by atoms with E-state index in [0.29, 0.717) is 18.2 Å². The number of aryl methyl sites for hydroxylation is 1. The molecular weight excluding hydrogens is 276 g/mol. The van der Waals surface area contributed by atoms with Crippen LogP contribution in [0.2, 0.25) is 0 Å². The summed E-state index contributed by atoms with van der Waals surface area (Å²) in [6, 6.07) is 0. The number of hydrogen-bond acceptors (Lipinski definition) is 6. The van der Waals surface area contributed by atoms with Crippen molar-refractivity contribution in [2.45, 2.75) is 20.3 Å². The second-order valence-corrected chi connectivity index (χ2v) is 7.86. The van der Waals surface area contributed by atoms with Crippen LogP contribution in [0.4, 0.5) is 11.8 Å². The van der Waals surface area contributed by atoms with Crippen LogP contribution >= 0.6 is 0 Å². The molecule has 0 bridgehead atoms. The second-order valence-electron chi connectivity index (χ2n) is 5.63. The fraction of sp³-hybridized carbons (Fsp3) is 0.692. The molecule has 0 amide bonds. The van der Waals surface area contributed by atoms with Gasteiger partial charge in [0.2, 0.25) is 5.95 Å². The molecule has 1 aliphatic rings. The summed E-state index contributed by atoms with van der Waals surface area (Å²) in [7, 11) is 0.980. The van der Waals surface area contributed by atoms with Gasteiger partial charge in [0.05, 0.1) is 11.5 Å². The molecule has 0 radical (unpaired) electrons. The van der Waals surface area contributed by atoms with Gasteiger partial charge in [-0.1, -0.05) is 0 Å². The van der Waals surface area contributed by atoms with Crippen molar-refractivity contribution in [1.82, 2.24) is 9.97 Å². The molecule has 0 spiro atoms. The van der Waals surface area contributed by atoms with Gasteiger partial charge in [0.1, 0.15) is 5.82 Å². The minimum atomic E-state index is -2.82. The Hall–Kier alpha value is -1.37. The largest absolute Gasteiger partial charge is 0.369 e. The van der Waals surface area contributed by atoms with Crippen molar-refractivity contribution < 1.29 is 8.42 Å². The van der Waals surface area contributed by atoms with Gasteiger partial charge in [-0.2, -0.15) is 4.98 Å². The fourth-order valence-corrected chi connectivity index (χ4v) is 4.12. The van der Waals surface area contributed by atoms with Crippen LogP contribution in [0.5, 0.6) is 0 Å². The van der Waals surface area contributed by atoms with Crippen molar-refractivity contribution in [3.63, 3.8) is 0 Å². The number of anilines is 2. The van der Waals surface area contributed by atoms with Gasteiger partial charge in [0, 0.05) is 31.9 Å². The summed E-state index contributed by atoms with van der Waals surface area (Å²) < 4.78 is 22.9. The SMILES string of the molecule is Cc1nc(N(C)C)nc(NC[C@@H]2CCS(=O)(=O)C2)c1C. The first-order valence-electron chi connectivity index (χ1n) is 6.75. The van der Waals surface area contributed by atoms with Gasteiger partial charge >= 0.3 is 0 Å². The predicted octanol–water partition coefficient (Wildman–Crippen LogP) is 1.01. The molecule has 20 heavy (non-hydrogen) atoms. The standard InChI is InChI=1S/C13H22N4O2S/c1-9-10(2)15-13(17(3)4)16-12(9)14-7-11-5-6-20(18,19)8-11/h11H,5-8H2,1-4H3,(H,14,15,16)/t11-/m0/s1. The summed E-state index contributed by atoms with van der Waals surface area (Å²) in [6.07, 6.45) is 0.735. The summed E-state index contributed by atoms with van der Waals surface area (Å²) in [5.74, 6) is 2.23. The number of nitrogens with one attached hydrogen (secondary N) is 1. The third-order valence-electron chi connectivity index (χ3n) is 3.66. The lowest BCUT2D eigenvalue weighted by Gasteiger charge is -2.17. The summed E-state index contributed by atoms with van der Waals surface area (Å²) in [5.41, 5.74) is 1.95. The van der Waals surface area contributed by atoms with Gasteiger partial charge in [-0.3, -0.25) is 0 Å². The Morgan fingerprint density at radius 2 is 2.00 bits per heavy atom. The average Bonchev–Trinajstić information content (AvgIpc) is 2.70. The topological polar surface area (TPSA) is 75.2 Å². The fourth-order valence-electron chi connectivity index (χ4n) is 2.26. The molecular formula is C13H22N4O2S. The Labute approximate surface area is 120 Å². The van der Waals surface area contributed by atoms with E-state index in [1.54, 1.807) is 0 Å². The highest BCUT2D eigenvalue weighted by atomic mass is 32.2. The lowest BCUT2D eigenvalue weighted by molar-refractivity contribution is 0.595. The first-order valence-corrected chi connectivity index (χ1v) is 8.57. The molecule has 1 N–H and O–H groups in total. The van der Waals surface area contributed by atoms with E-state index in [1.807, 2.05) is 32.8 Å². The zero-order valence-corrected chi connectivity index (χ0v) is 13.3. The molecule has 7 heteroatoms. The minimum Gasteiger partial charge on any atom is -0.369 e. The van der Waals surface area contributed by atoms with Crippen LogP contribution in [0.1, 0.15) is 17.7 Å². The van der Waals surface area contributed by atoms with E-state index in [-0.39, 0.29) is 11.7 Å². The molecule has 112 valence electrons. The number of nitrogens with zero attached hydrogens (tertiary/aromatic N) is 3. The van der Waals surface area contributed by atoms with Gasteiger partial charge in [0.25, 0.3) is 0 Å². The van der Waals surface area contributed by atoms with E-state index in [2.05, 4.69) is 15.3 Å². The lowest BCUT2D eigenvalue weighted by atomic mass is 10.1. The van der Waals surface area contributed by atoms with Gasteiger partial charge in [0.15, 0.2) is 9.84 Å². The maximum Gasteiger partial charge on any atom is 0.227 e. The van der Waals surface area contributed by atoms with Crippen LogP contribution in [0.3, 0.4) is 0 Å². The summed E-state index contributed by atoms with van der Waals surface area (Å²) in [4.78, 5) is 10.8. The average molecular weight is 298 g/mol. The Kier molecular flexibility index (Phi) is 4.17. The monoisotopic (exact) mass is 298 g/mol. The first-order chi connectivity index (χ1) is 9.28. The van der Waals surface area contributed by atoms with Crippen LogP contribution in [0, 0.1) is 19.8 Å². The van der Waals surface area contributed by atoms with Crippen LogP contribution in [0.15, 0.2) is 0 Å². The van der Waals surface area contributed by atoms with Crippen molar-refractivity contribution in [3.8, 4) is 0 Å². The molecule has 1 fully saturated rings. The molecule has 2 rings (SSSR count). The van der Waals surface area contributed by atoms with E-state index in [1.165, 1.54) is 0 Å². The molecule has 0 aromatic carbocycles. The number of hydrogen-bond donors (Lipinski definition) is 1. The molecule has 6 nitrogen and oxygen atoms in total. The third kappa shape index (κ3) is 3.39. The normalized spacial score (nSPS) is 20.9. The van der Waals surface area contributed by atoms with E-state index in [0.717, 1.165) is 23.5 Å². The summed E-state index contributed by atoms with van der Waals surface area (Å²) in [5, 5.41) is 3.29. The Morgan fingerprint density at radius 1 is 1.30 bits per heavy atom. The molecule has 2 heterocycles. The smallest absolute Gasteiger partial charge is 0.227 e. The highest BCUT2D eigenvalue weighted by Gasteiger charge is 2.27. The lowest BCUT2D eigenvalue weighted by Crippen LogP contribution is -2.19. The van der Waals surface area contributed by atoms with Gasteiger partial charge in [-0.05, 0) is 26.2 Å². The predicted molar refractivity (Wildman–Crippen MR) is 81.1 cm³/mol. The van der Waals surface area contributed by atoms with Gasteiger partial charge in [-0.15, -0.1) is 0 Å². The van der Waals surface area contributed by atoms with E-state index >= 15 is 0 Å². The Bertz CT molecular complexity index is 599. The molecule has 1 aromatic rings. The van der Waals surface area contributed by atoms with Crippen LogP contribution in [0.25, 0.3) is 0 Å². The van der Waals surface area contributed by atoms with Crippen molar-refractivity contribution in [2.24, 2.45) is 5.92 Å². The van der Waals surface area contributed by atoms with E-state index in [4.69, 9.17) is 0 Å². The van der Waals surface area contributed by atoms with Gasteiger partial charge < -0.3 is 10.2 Å². The van der Waals surface area contributed by atoms with Crippen molar-refractivity contribution >= 4 is 21.6 Å². The Morgan fingerprint density at radius 3 is 2.55 bits per heavy atom. The maximum atomic E-state index is 11.5. The van der Waals surface area contributed by atoms with E-state index < -0.39 is 9.84 Å². The summed E-state index contributed by atoms with van der Waals surface area (Å²) in [6.45, 7) is 4.57. The zero-order chi connectivity index (χ0) is 14.9. The first kappa shape index (κ1) is 15.0. The maximum absolute atomic E-state index is 11.5. The highest BCUT2D eigenvalue weighted by Crippen LogP contribution is 2.22. The minimum absolute atomic E-state index is 0.178. The van der Waals surface area contributed by atoms with Gasteiger partial charge in [-0.25, -0.2) is 13.4 Å². The number of rotatable bonds is 4. The zero-order valence-electron chi connectivity index (χ0n) is 12.5. The van der Waals surface area contributed by atoms with Crippen LogP contribution < -0.4 is 10.2 Å². The second kappa shape index (κ2) is 5.55. The number of aromatic nitrogens is 2. The molecule has 1 atom stereocenters. The molecule has 1 saturated heterocycles. The van der Waals surface area contributed by atoms with Crippen LogP contribution in [-0.2, 0) is 9.84 Å². The van der Waals surface area contributed by atoms with Crippen molar-refractivity contribution in [1.29, 1.82) is 0 Å². The quantitative estimate of drug-likeness (QED) is 0.894. The third-order valence-corrected chi connectivity index (χ3v) is 5.50.